The maximum absolute atomic E-state index is 11.8. The molecule has 0 amide bonds. The van der Waals surface area contributed by atoms with Crippen LogP contribution in [0.25, 0.3) is 0 Å². The van der Waals surface area contributed by atoms with Crippen LogP contribution >= 0.6 is 15.9 Å². The van der Waals surface area contributed by atoms with E-state index in [1.165, 1.54) is 4.57 Å². The Kier molecular flexibility index (Phi) is 3.10. The summed E-state index contributed by atoms with van der Waals surface area (Å²) >= 11 is 3.39. The van der Waals surface area contributed by atoms with Gasteiger partial charge in [-0.05, 0) is 36.7 Å². The lowest BCUT2D eigenvalue weighted by Gasteiger charge is -2.09. The van der Waals surface area contributed by atoms with Crippen molar-refractivity contribution >= 4 is 15.9 Å². The van der Waals surface area contributed by atoms with Crippen LogP contribution in [0.15, 0.2) is 13.8 Å². The zero-order valence-corrected chi connectivity index (χ0v) is 11.3. The van der Waals surface area contributed by atoms with Crippen LogP contribution in [0.4, 0.5) is 0 Å². The Balaban J connectivity index is 2.46. The summed E-state index contributed by atoms with van der Waals surface area (Å²) in [4.78, 5) is 19.7. The third kappa shape index (κ3) is 2.28. The van der Waals surface area contributed by atoms with Gasteiger partial charge in [-0.15, -0.1) is 0 Å². The molecule has 6 nitrogen and oxygen atoms in total. The SMILES string of the molecule is Cc1noc(Cn2c(C)c(Br)c(C)nc2=O)n1. The second kappa shape index (κ2) is 4.40. The Morgan fingerprint density at radius 2 is 2.00 bits per heavy atom. The molecule has 0 radical (unpaired) electrons. The standard InChI is InChI=1S/C10H11BrN4O2/c1-5-9(11)6(2)15(10(16)12-5)4-8-13-7(3)14-17-8/h4H2,1-3H3. The van der Waals surface area contributed by atoms with Crippen LogP contribution in [0.3, 0.4) is 0 Å². The fourth-order valence-corrected chi connectivity index (χ4v) is 1.81. The van der Waals surface area contributed by atoms with Crippen LogP contribution in [0.1, 0.15) is 23.1 Å². The Hall–Kier alpha value is -1.50. The van der Waals surface area contributed by atoms with Crippen LogP contribution in [-0.2, 0) is 6.54 Å². The molecule has 0 saturated carbocycles. The van der Waals surface area contributed by atoms with Gasteiger partial charge >= 0.3 is 5.69 Å². The zero-order chi connectivity index (χ0) is 12.6. The maximum atomic E-state index is 11.8. The summed E-state index contributed by atoms with van der Waals surface area (Å²) in [6.07, 6.45) is 0. The summed E-state index contributed by atoms with van der Waals surface area (Å²) in [5, 5.41) is 3.68. The minimum absolute atomic E-state index is 0.234. The second-order valence-corrected chi connectivity index (χ2v) is 4.49. The predicted molar refractivity (Wildman–Crippen MR) is 63.8 cm³/mol. The van der Waals surface area contributed by atoms with Crippen molar-refractivity contribution in [3.8, 4) is 0 Å². The van der Waals surface area contributed by atoms with E-state index in [9.17, 15) is 4.79 Å². The van der Waals surface area contributed by atoms with E-state index in [4.69, 9.17) is 4.52 Å². The van der Waals surface area contributed by atoms with E-state index in [0.717, 1.165) is 10.2 Å². The van der Waals surface area contributed by atoms with Crippen molar-refractivity contribution in [2.75, 3.05) is 0 Å². The molecule has 2 aromatic heterocycles. The lowest BCUT2D eigenvalue weighted by molar-refractivity contribution is 0.364. The van der Waals surface area contributed by atoms with Gasteiger partial charge in [-0.3, -0.25) is 4.57 Å². The first-order valence-electron chi connectivity index (χ1n) is 5.01. The summed E-state index contributed by atoms with van der Waals surface area (Å²) < 4.78 is 7.29. The van der Waals surface area contributed by atoms with E-state index in [1.54, 1.807) is 13.8 Å². The average molecular weight is 299 g/mol. The molecule has 0 unspecified atom stereocenters. The molecule has 0 bridgehead atoms. The Labute approximate surface area is 106 Å². The Bertz CT molecular complexity index is 617. The first kappa shape index (κ1) is 12.0. The molecule has 2 aromatic rings. The molecule has 0 aromatic carbocycles. The number of hydrogen-bond donors (Lipinski definition) is 0. The van der Waals surface area contributed by atoms with Crippen molar-refractivity contribution in [1.82, 2.24) is 19.7 Å². The number of rotatable bonds is 2. The first-order valence-corrected chi connectivity index (χ1v) is 5.81. The highest BCUT2D eigenvalue weighted by Gasteiger charge is 2.12. The average Bonchev–Trinajstić information content (AvgIpc) is 2.67. The van der Waals surface area contributed by atoms with E-state index in [0.29, 0.717) is 17.4 Å². The van der Waals surface area contributed by atoms with E-state index in [2.05, 4.69) is 31.1 Å². The summed E-state index contributed by atoms with van der Waals surface area (Å²) in [5.74, 6) is 0.940. The minimum Gasteiger partial charge on any atom is -0.337 e. The van der Waals surface area contributed by atoms with Crippen molar-refractivity contribution in [3.63, 3.8) is 0 Å². The highest BCUT2D eigenvalue weighted by Crippen LogP contribution is 2.17. The lowest BCUT2D eigenvalue weighted by Crippen LogP contribution is -2.27. The maximum Gasteiger partial charge on any atom is 0.348 e. The lowest BCUT2D eigenvalue weighted by atomic mass is 10.3. The monoisotopic (exact) mass is 298 g/mol. The zero-order valence-electron chi connectivity index (χ0n) is 9.69. The van der Waals surface area contributed by atoms with Gasteiger partial charge in [0.05, 0.1) is 10.2 Å². The number of aryl methyl sites for hydroxylation is 2. The van der Waals surface area contributed by atoms with Crippen molar-refractivity contribution in [1.29, 1.82) is 0 Å². The highest BCUT2D eigenvalue weighted by atomic mass is 79.9. The number of hydrogen-bond acceptors (Lipinski definition) is 5. The molecule has 0 fully saturated rings. The van der Waals surface area contributed by atoms with Gasteiger partial charge in [-0.1, -0.05) is 5.16 Å². The molecular formula is C10H11BrN4O2. The minimum atomic E-state index is -0.320. The number of nitrogens with zero attached hydrogens (tertiary/aromatic N) is 4. The summed E-state index contributed by atoms with van der Waals surface area (Å²) in [7, 11) is 0. The molecule has 17 heavy (non-hydrogen) atoms. The summed E-state index contributed by atoms with van der Waals surface area (Å²) in [5.41, 5.74) is 1.14. The van der Waals surface area contributed by atoms with Crippen molar-refractivity contribution < 1.29 is 4.52 Å². The molecule has 2 heterocycles. The van der Waals surface area contributed by atoms with Gasteiger partial charge in [0.2, 0.25) is 5.89 Å². The van der Waals surface area contributed by atoms with Crippen molar-refractivity contribution in [2.24, 2.45) is 0 Å². The molecule has 0 aliphatic carbocycles. The summed E-state index contributed by atoms with van der Waals surface area (Å²) in [6, 6.07) is 0. The quantitative estimate of drug-likeness (QED) is 0.837. The smallest absolute Gasteiger partial charge is 0.337 e. The predicted octanol–water partition coefficient (Wildman–Crippen LogP) is 1.36. The van der Waals surface area contributed by atoms with Crippen LogP contribution < -0.4 is 5.69 Å². The molecule has 0 aliphatic heterocycles. The summed E-state index contributed by atoms with van der Waals surface area (Å²) in [6.45, 7) is 5.58. The molecule has 90 valence electrons. The van der Waals surface area contributed by atoms with Crippen molar-refractivity contribution in [2.45, 2.75) is 27.3 Å². The van der Waals surface area contributed by atoms with Gasteiger partial charge in [-0.2, -0.15) is 9.97 Å². The Morgan fingerprint density at radius 1 is 1.29 bits per heavy atom. The molecule has 7 heteroatoms. The van der Waals surface area contributed by atoms with Crippen molar-refractivity contribution in [3.05, 3.63) is 38.1 Å². The first-order chi connectivity index (χ1) is 7.99. The molecule has 0 saturated heterocycles. The second-order valence-electron chi connectivity index (χ2n) is 3.70. The van der Waals surface area contributed by atoms with Gasteiger partial charge in [0.15, 0.2) is 5.82 Å². The fourth-order valence-electron chi connectivity index (χ4n) is 1.50. The topological polar surface area (TPSA) is 73.8 Å². The van der Waals surface area contributed by atoms with E-state index < -0.39 is 0 Å². The van der Waals surface area contributed by atoms with Crippen LogP contribution in [0.5, 0.6) is 0 Å². The largest absolute Gasteiger partial charge is 0.348 e. The molecule has 2 rings (SSSR count). The molecular weight excluding hydrogens is 288 g/mol. The number of halogens is 1. The number of aromatic nitrogens is 4. The Morgan fingerprint density at radius 3 is 2.59 bits per heavy atom. The van der Waals surface area contributed by atoms with E-state index in [1.807, 2.05) is 6.92 Å². The van der Waals surface area contributed by atoms with E-state index in [-0.39, 0.29) is 12.2 Å². The van der Waals surface area contributed by atoms with Crippen LogP contribution in [0, 0.1) is 20.8 Å². The molecule has 0 N–H and O–H groups in total. The fraction of sp³-hybridized carbons (Fsp3) is 0.400. The van der Waals surface area contributed by atoms with Gasteiger partial charge in [0, 0.05) is 5.69 Å². The van der Waals surface area contributed by atoms with Gasteiger partial charge in [0.1, 0.15) is 6.54 Å². The molecule has 0 atom stereocenters. The van der Waals surface area contributed by atoms with Gasteiger partial charge in [-0.25, -0.2) is 4.79 Å². The molecule has 0 aliphatic rings. The highest BCUT2D eigenvalue weighted by molar-refractivity contribution is 9.10. The van der Waals surface area contributed by atoms with E-state index >= 15 is 0 Å². The van der Waals surface area contributed by atoms with Crippen LogP contribution in [-0.4, -0.2) is 19.7 Å². The molecule has 0 spiro atoms. The van der Waals surface area contributed by atoms with Gasteiger partial charge < -0.3 is 4.52 Å². The van der Waals surface area contributed by atoms with Crippen LogP contribution in [0.2, 0.25) is 0 Å². The third-order valence-corrected chi connectivity index (χ3v) is 3.55. The third-order valence-electron chi connectivity index (χ3n) is 2.40. The normalized spacial score (nSPS) is 10.8. The van der Waals surface area contributed by atoms with Gasteiger partial charge in [0.25, 0.3) is 0 Å².